The molecular weight excluding hydrogens is 304 g/mol. The second-order valence-electron chi connectivity index (χ2n) is 6.98. The number of rotatable bonds is 8. The first kappa shape index (κ1) is 17.2. The van der Waals surface area contributed by atoms with E-state index in [-0.39, 0.29) is 17.9 Å². The van der Waals surface area contributed by atoms with E-state index in [2.05, 4.69) is 5.32 Å². The highest BCUT2D eigenvalue weighted by atomic mass is 16.5. The van der Waals surface area contributed by atoms with Gasteiger partial charge >= 0.3 is 0 Å². The highest BCUT2D eigenvalue weighted by Crippen LogP contribution is 2.47. The maximum Gasteiger partial charge on any atom is 0.224 e. The molecule has 1 amide bonds. The summed E-state index contributed by atoms with van der Waals surface area (Å²) in [5.74, 6) is 2.10. The third-order valence-electron chi connectivity index (χ3n) is 5.48. The van der Waals surface area contributed by atoms with Crippen LogP contribution in [-0.2, 0) is 16.1 Å². The van der Waals surface area contributed by atoms with Crippen molar-refractivity contribution in [3.05, 3.63) is 29.8 Å². The molecule has 0 spiro atoms. The van der Waals surface area contributed by atoms with E-state index in [1.807, 2.05) is 24.3 Å². The van der Waals surface area contributed by atoms with Gasteiger partial charge in [-0.05, 0) is 55.2 Å². The number of carbonyl (C=O) groups excluding carboxylic acids is 1. The van der Waals surface area contributed by atoms with E-state index in [4.69, 9.17) is 15.2 Å². The highest BCUT2D eigenvalue weighted by molar-refractivity contribution is 5.80. The summed E-state index contributed by atoms with van der Waals surface area (Å²) in [5.41, 5.74) is 7.33. The van der Waals surface area contributed by atoms with E-state index in [1.165, 1.54) is 12.8 Å². The molecule has 4 unspecified atom stereocenters. The highest BCUT2D eigenvalue weighted by Gasteiger charge is 2.48. The molecule has 0 aromatic heterocycles. The number of amides is 1. The van der Waals surface area contributed by atoms with E-state index >= 15 is 0 Å². The summed E-state index contributed by atoms with van der Waals surface area (Å²) in [6, 6.07) is 7.92. The Labute approximate surface area is 143 Å². The maximum atomic E-state index is 12.3. The first-order valence-electron chi connectivity index (χ1n) is 8.93. The molecule has 5 nitrogen and oxygen atoms in total. The van der Waals surface area contributed by atoms with Crippen molar-refractivity contribution in [2.45, 2.75) is 38.3 Å². The zero-order valence-corrected chi connectivity index (χ0v) is 14.4. The molecule has 4 atom stereocenters. The van der Waals surface area contributed by atoms with Gasteiger partial charge in [0.1, 0.15) is 5.75 Å². The zero-order valence-electron chi connectivity index (χ0n) is 14.4. The lowest BCUT2D eigenvalue weighted by Crippen LogP contribution is -2.45. The minimum atomic E-state index is 0.0315. The smallest absolute Gasteiger partial charge is 0.224 e. The van der Waals surface area contributed by atoms with Gasteiger partial charge in [0.05, 0.1) is 19.6 Å². The summed E-state index contributed by atoms with van der Waals surface area (Å²) in [5, 5.41) is 3.04. The van der Waals surface area contributed by atoms with Crippen LogP contribution in [0.15, 0.2) is 24.3 Å². The number of hydrogen-bond donors (Lipinski definition) is 2. The molecule has 2 bridgehead atoms. The predicted molar refractivity (Wildman–Crippen MR) is 92.6 cm³/mol. The molecule has 0 radical (unpaired) electrons. The van der Waals surface area contributed by atoms with E-state index in [1.54, 1.807) is 7.11 Å². The lowest BCUT2D eigenvalue weighted by molar-refractivity contribution is -0.127. The molecule has 1 aromatic rings. The van der Waals surface area contributed by atoms with Crippen molar-refractivity contribution in [2.24, 2.45) is 23.5 Å². The molecule has 2 saturated carbocycles. The average molecular weight is 332 g/mol. The molecule has 2 aliphatic carbocycles. The van der Waals surface area contributed by atoms with Gasteiger partial charge in [-0.15, -0.1) is 0 Å². The van der Waals surface area contributed by atoms with Gasteiger partial charge in [-0.25, -0.2) is 0 Å². The molecule has 0 aliphatic heterocycles. The van der Waals surface area contributed by atoms with Crippen LogP contribution in [0.25, 0.3) is 0 Å². The maximum absolute atomic E-state index is 12.3. The summed E-state index contributed by atoms with van der Waals surface area (Å²) < 4.78 is 10.8. The Morgan fingerprint density at radius 1 is 1.25 bits per heavy atom. The molecule has 2 aliphatic rings. The van der Waals surface area contributed by atoms with Crippen molar-refractivity contribution >= 4 is 5.91 Å². The molecule has 1 aromatic carbocycles. The number of benzene rings is 1. The molecule has 3 rings (SSSR count). The lowest BCUT2D eigenvalue weighted by Gasteiger charge is -2.27. The van der Waals surface area contributed by atoms with Gasteiger partial charge < -0.3 is 20.5 Å². The van der Waals surface area contributed by atoms with Crippen molar-refractivity contribution in [3.63, 3.8) is 0 Å². The molecular formula is C19H28N2O3. The van der Waals surface area contributed by atoms with Crippen LogP contribution in [0.5, 0.6) is 5.75 Å². The van der Waals surface area contributed by atoms with Crippen LogP contribution in [0.2, 0.25) is 0 Å². The van der Waals surface area contributed by atoms with Crippen molar-refractivity contribution in [1.82, 2.24) is 5.32 Å². The normalized spacial score (nSPS) is 28.1. The molecule has 2 fully saturated rings. The summed E-state index contributed by atoms with van der Waals surface area (Å²) in [4.78, 5) is 12.3. The second kappa shape index (κ2) is 7.99. The molecule has 24 heavy (non-hydrogen) atoms. The van der Waals surface area contributed by atoms with Gasteiger partial charge in [0.2, 0.25) is 5.91 Å². The number of nitrogens with two attached hydrogens (primary N) is 1. The predicted octanol–water partition coefficient (Wildman–Crippen LogP) is 2.09. The Bertz CT molecular complexity index is 544. The van der Waals surface area contributed by atoms with Crippen LogP contribution in [0.3, 0.4) is 0 Å². The molecule has 5 heteroatoms. The first-order valence-corrected chi connectivity index (χ1v) is 8.93. The molecule has 0 heterocycles. The fourth-order valence-electron chi connectivity index (χ4n) is 4.14. The van der Waals surface area contributed by atoms with Crippen LogP contribution in [0.1, 0.15) is 31.2 Å². The summed E-state index contributed by atoms with van der Waals surface area (Å²) in [6.07, 6.45) is 4.33. The van der Waals surface area contributed by atoms with Gasteiger partial charge in [-0.2, -0.15) is 0 Å². The first-order chi connectivity index (χ1) is 11.7. The standard InChI is InChI=1S/C19H28N2O3/c1-23-16-7-3-13(4-8-16)12-24-10-2-9-21-19(22)17-14-5-6-15(11-14)18(17)20/h3-4,7-8,14-15,17-18H,2,5-6,9-12,20H2,1H3,(H,21,22). The van der Waals surface area contributed by atoms with Gasteiger partial charge in [0, 0.05) is 19.2 Å². The van der Waals surface area contributed by atoms with E-state index in [0.29, 0.717) is 31.6 Å². The third-order valence-corrected chi connectivity index (χ3v) is 5.48. The monoisotopic (exact) mass is 332 g/mol. The van der Waals surface area contributed by atoms with Gasteiger partial charge in [0.25, 0.3) is 0 Å². The summed E-state index contributed by atoms with van der Waals surface area (Å²) in [7, 11) is 1.66. The second-order valence-corrected chi connectivity index (χ2v) is 6.98. The Balaban J connectivity index is 1.29. The molecule has 3 N–H and O–H groups in total. The minimum absolute atomic E-state index is 0.0315. The van der Waals surface area contributed by atoms with E-state index in [9.17, 15) is 4.79 Å². The topological polar surface area (TPSA) is 73.6 Å². The quantitative estimate of drug-likeness (QED) is 0.715. The number of nitrogens with one attached hydrogen (secondary N) is 1. The largest absolute Gasteiger partial charge is 0.497 e. The van der Waals surface area contributed by atoms with E-state index < -0.39 is 0 Å². The van der Waals surface area contributed by atoms with Gasteiger partial charge in [0.15, 0.2) is 0 Å². The van der Waals surface area contributed by atoms with Crippen LogP contribution in [0.4, 0.5) is 0 Å². The lowest BCUT2D eigenvalue weighted by atomic mass is 9.84. The van der Waals surface area contributed by atoms with Crippen molar-refractivity contribution in [1.29, 1.82) is 0 Å². The number of carbonyl (C=O) groups is 1. The number of fused-ring (bicyclic) bond motifs is 2. The Kier molecular flexibility index (Phi) is 5.74. The van der Waals surface area contributed by atoms with Crippen molar-refractivity contribution in [3.8, 4) is 5.75 Å². The molecule has 132 valence electrons. The van der Waals surface area contributed by atoms with Crippen molar-refractivity contribution in [2.75, 3.05) is 20.3 Å². The Morgan fingerprint density at radius 2 is 2.00 bits per heavy atom. The van der Waals surface area contributed by atoms with Crippen LogP contribution in [0, 0.1) is 17.8 Å². The number of methoxy groups -OCH3 is 1. The third kappa shape index (κ3) is 3.90. The zero-order chi connectivity index (χ0) is 16.9. The van der Waals surface area contributed by atoms with Gasteiger partial charge in [-0.1, -0.05) is 12.1 Å². The fourth-order valence-corrected chi connectivity index (χ4v) is 4.14. The van der Waals surface area contributed by atoms with E-state index in [0.717, 1.165) is 24.2 Å². The fraction of sp³-hybridized carbons (Fsp3) is 0.632. The van der Waals surface area contributed by atoms with Crippen LogP contribution >= 0.6 is 0 Å². The number of ether oxygens (including phenoxy) is 2. The summed E-state index contributed by atoms with van der Waals surface area (Å²) in [6.45, 7) is 1.87. The number of hydrogen-bond acceptors (Lipinski definition) is 4. The Hall–Kier alpha value is -1.59. The average Bonchev–Trinajstić information content (AvgIpc) is 3.19. The molecule has 0 saturated heterocycles. The minimum Gasteiger partial charge on any atom is -0.497 e. The SMILES string of the molecule is COc1ccc(COCCCNC(=O)C2C3CCC(C3)C2N)cc1. The Morgan fingerprint density at radius 3 is 2.67 bits per heavy atom. The van der Waals surface area contributed by atoms with Crippen molar-refractivity contribution < 1.29 is 14.3 Å². The summed E-state index contributed by atoms with van der Waals surface area (Å²) >= 11 is 0. The van der Waals surface area contributed by atoms with Gasteiger partial charge in [-0.3, -0.25) is 4.79 Å². The van der Waals surface area contributed by atoms with Crippen LogP contribution < -0.4 is 15.8 Å². The van der Waals surface area contributed by atoms with Crippen LogP contribution in [-0.4, -0.2) is 32.2 Å².